The first-order valence-corrected chi connectivity index (χ1v) is 10.7. The zero-order chi connectivity index (χ0) is 22.7. The van der Waals surface area contributed by atoms with Gasteiger partial charge in [-0.15, -0.1) is 0 Å². The number of hydrogen-bond acceptors (Lipinski definition) is 6. The molecule has 1 N–H and O–H groups in total. The van der Waals surface area contributed by atoms with E-state index in [1.54, 1.807) is 7.11 Å². The van der Waals surface area contributed by atoms with Crippen LogP contribution in [0.1, 0.15) is 34.8 Å². The van der Waals surface area contributed by atoms with Crippen molar-refractivity contribution in [1.29, 1.82) is 0 Å². The number of carbonyl (C=O) groups excluding carboxylic acids is 1. The summed E-state index contributed by atoms with van der Waals surface area (Å²) in [6.45, 7) is 2.48. The van der Waals surface area contributed by atoms with Gasteiger partial charge in [0.05, 0.1) is 12.8 Å². The van der Waals surface area contributed by atoms with Gasteiger partial charge in [0.25, 0.3) is 5.56 Å². The van der Waals surface area contributed by atoms with Crippen molar-refractivity contribution in [3.8, 4) is 5.75 Å². The highest BCUT2D eigenvalue weighted by Crippen LogP contribution is 2.30. The molecule has 4 rings (SSSR count). The van der Waals surface area contributed by atoms with Crippen LogP contribution in [0.5, 0.6) is 5.75 Å². The summed E-state index contributed by atoms with van der Waals surface area (Å²) >= 11 is 6.36. The van der Waals surface area contributed by atoms with Gasteiger partial charge in [0, 0.05) is 6.54 Å². The molecule has 3 aromatic rings. The van der Waals surface area contributed by atoms with Crippen molar-refractivity contribution in [2.45, 2.75) is 39.0 Å². The van der Waals surface area contributed by atoms with E-state index in [4.69, 9.17) is 21.1 Å². The quantitative estimate of drug-likeness (QED) is 0.543. The molecular weight excluding hydrogens is 430 g/mol. The van der Waals surface area contributed by atoms with Crippen molar-refractivity contribution in [1.82, 2.24) is 9.55 Å². The molecule has 0 saturated carbocycles. The van der Waals surface area contributed by atoms with E-state index in [1.807, 2.05) is 55.5 Å². The Bertz CT molecular complexity index is 1190. The third kappa shape index (κ3) is 4.62. The lowest BCUT2D eigenvalue weighted by Crippen LogP contribution is -2.31. The van der Waals surface area contributed by atoms with Gasteiger partial charge in [-0.1, -0.05) is 48.0 Å². The van der Waals surface area contributed by atoms with Crippen molar-refractivity contribution in [3.63, 3.8) is 0 Å². The molecule has 7 nitrogen and oxygen atoms in total. The van der Waals surface area contributed by atoms with E-state index < -0.39 is 12.0 Å². The van der Waals surface area contributed by atoms with Crippen molar-refractivity contribution < 1.29 is 14.3 Å². The molecule has 1 aromatic heterocycles. The molecule has 166 valence electrons. The van der Waals surface area contributed by atoms with Crippen molar-refractivity contribution in [2.75, 3.05) is 12.4 Å². The molecule has 2 heterocycles. The maximum absolute atomic E-state index is 13.2. The fourth-order valence-corrected chi connectivity index (χ4v) is 4.17. The zero-order valence-electron chi connectivity index (χ0n) is 17.9. The van der Waals surface area contributed by atoms with Gasteiger partial charge in [0.2, 0.25) is 0 Å². The van der Waals surface area contributed by atoms with E-state index in [2.05, 4.69) is 10.3 Å². The number of benzene rings is 2. The van der Waals surface area contributed by atoms with Crippen LogP contribution in [-0.4, -0.2) is 22.6 Å². The average molecular weight is 454 g/mol. The minimum atomic E-state index is -0.721. The summed E-state index contributed by atoms with van der Waals surface area (Å²) in [4.78, 5) is 30.2. The van der Waals surface area contributed by atoms with E-state index in [1.165, 1.54) is 4.57 Å². The van der Waals surface area contributed by atoms with Crippen molar-refractivity contribution in [3.05, 3.63) is 86.4 Å². The molecule has 2 aromatic carbocycles. The number of ether oxygens (including phenoxy) is 2. The highest BCUT2D eigenvalue weighted by atomic mass is 35.5. The summed E-state index contributed by atoms with van der Waals surface area (Å²) < 4.78 is 12.2. The molecule has 0 saturated heterocycles. The van der Waals surface area contributed by atoms with Gasteiger partial charge in [0.15, 0.2) is 11.0 Å². The second-order valence-corrected chi connectivity index (χ2v) is 8.09. The van der Waals surface area contributed by atoms with E-state index in [0.717, 1.165) is 22.4 Å². The maximum Gasteiger partial charge on any atom is 0.329 e. The van der Waals surface area contributed by atoms with Crippen molar-refractivity contribution in [2.24, 2.45) is 0 Å². The standard InChI is InChI=1S/C24H24ClN3O4/c1-15-10-17(12-18(11-15)31-2)13-26-22-23(29)28-19(21(25)27-22)8-9-20(28)24(30)32-14-16-6-4-3-5-7-16/h3-7,10-12,20H,8-9,13-14H2,1-2H3,(H,26,27)/t20-/m1/s1. The lowest BCUT2D eigenvalue weighted by Gasteiger charge is -2.16. The first-order chi connectivity index (χ1) is 15.5. The van der Waals surface area contributed by atoms with E-state index in [9.17, 15) is 9.59 Å². The monoisotopic (exact) mass is 453 g/mol. The summed E-state index contributed by atoms with van der Waals surface area (Å²) in [6, 6.07) is 14.5. The Hall–Kier alpha value is -3.32. The number of anilines is 1. The van der Waals surface area contributed by atoms with E-state index in [0.29, 0.717) is 25.1 Å². The topological polar surface area (TPSA) is 82.5 Å². The second kappa shape index (κ2) is 9.44. The molecule has 0 amide bonds. The number of aromatic nitrogens is 2. The minimum absolute atomic E-state index is 0.0991. The molecule has 0 bridgehead atoms. The van der Waals surface area contributed by atoms with Gasteiger partial charge in [-0.05, 0) is 48.6 Å². The van der Waals surface area contributed by atoms with Crippen LogP contribution in [0, 0.1) is 6.92 Å². The van der Waals surface area contributed by atoms with Gasteiger partial charge >= 0.3 is 5.97 Å². The number of aryl methyl sites for hydroxylation is 1. The molecule has 32 heavy (non-hydrogen) atoms. The molecule has 0 radical (unpaired) electrons. The molecule has 0 aliphatic carbocycles. The highest BCUT2D eigenvalue weighted by Gasteiger charge is 2.33. The molecule has 1 aliphatic heterocycles. The Morgan fingerprint density at radius 2 is 2.00 bits per heavy atom. The molecule has 0 fully saturated rings. The lowest BCUT2D eigenvalue weighted by atomic mass is 10.1. The summed E-state index contributed by atoms with van der Waals surface area (Å²) in [5.41, 5.74) is 3.03. The van der Waals surface area contributed by atoms with E-state index >= 15 is 0 Å². The molecule has 8 heteroatoms. The Kier molecular flexibility index (Phi) is 6.46. The molecule has 0 spiro atoms. The number of carbonyl (C=O) groups is 1. The van der Waals surface area contributed by atoms with Crippen LogP contribution in [0.15, 0.2) is 53.3 Å². The fraction of sp³-hybridized carbons (Fsp3) is 0.292. The van der Waals surface area contributed by atoms with E-state index in [-0.39, 0.29) is 23.1 Å². The normalized spacial score (nSPS) is 14.7. The number of methoxy groups -OCH3 is 1. The third-order valence-corrected chi connectivity index (χ3v) is 5.73. The molecule has 1 aliphatic rings. The first-order valence-electron chi connectivity index (χ1n) is 10.4. The Balaban J connectivity index is 1.53. The van der Waals surface area contributed by atoms with Crippen LogP contribution >= 0.6 is 11.6 Å². The van der Waals surface area contributed by atoms with Gasteiger partial charge in [0.1, 0.15) is 18.4 Å². The Morgan fingerprint density at radius 1 is 1.22 bits per heavy atom. The van der Waals surface area contributed by atoms with Crippen LogP contribution in [0.25, 0.3) is 0 Å². The van der Waals surface area contributed by atoms with Crippen molar-refractivity contribution >= 4 is 23.4 Å². The number of nitrogens with one attached hydrogen (secondary N) is 1. The number of halogens is 1. The Morgan fingerprint density at radius 3 is 2.75 bits per heavy atom. The second-order valence-electron chi connectivity index (χ2n) is 7.73. The van der Waals surface area contributed by atoms with Gasteiger partial charge < -0.3 is 14.8 Å². The van der Waals surface area contributed by atoms with Gasteiger partial charge in [-0.25, -0.2) is 9.78 Å². The number of nitrogens with zero attached hydrogens (tertiary/aromatic N) is 2. The van der Waals surface area contributed by atoms with Gasteiger partial charge in [-0.3, -0.25) is 9.36 Å². The predicted octanol–water partition coefficient (Wildman–Crippen LogP) is 4.06. The predicted molar refractivity (Wildman–Crippen MR) is 122 cm³/mol. The van der Waals surface area contributed by atoms with Crippen LogP contribution < -0.4 is 15.6 Å². The average Bonchev–Trinajstić information content (AvgIpc) is 3.25. The summed E-state index contributed by atoms with van der Waals surface area (Å²) in [5, 5.41) is 3.27. The molecular formula is C24H24ClN3O4. The summed E-state index contributed by atoms with van der Waals surface area (Å²) in [7, 11) is 1.61. The van der Waals surface area contributed by atoms with Crippen LogP contribution in [0.2, 0.25) is 5.15 Å². The SMILES string of the molecule is COc1cc(C)cc(CNc2nc(Cl)c3n(c2=O)[C@@H](C(=O)OCc2ccccc2)CC3)c1. The van der Waals surface area contributed by atoms with Crippen LogP contribution in [0.3, 0.4) is 0 Å². The summed E-state index contributed by atoms with van der Waals surface area (Å²) in [6.07, 6.45) is 0.935. The smallest absolute Gasteiger partial charge is 0.329 e. The summed E-state index contributed by atoms with van der Waals surface area (Å²) in [5.74, 6) is 0.382. The highest BCUT2D eigenvalue weighted by molar-refractivity contribution is 6.30. The largest absolute Gasteiger partial charge is 0.497 e. The minimum Gasteiger partial charge on any atom is -0.497 e. The number of hydrogen-bond donors (Lipinski definition) is 1. The number of fused-ring (bicyclic) bond motifs is 1. The van der Waals surface area contributed by atoms with Crippen LogP contribution in [-0.2, 0) is 29.1 Å². The number of esters is 1. The maximum atomic E-state index is 13.2. The van der Waals surface area contributed by atoms with Gasteiger partial charge in [-0.2, -0.15) is 0 Å². The lowest BCUT2D eigenvalue weighted by molar-refractivity contribution is -0.148. The molecule has 0 unspecified atom stereocenters. The Labute approximate surface area is 191 Å². The fourth-order valence-electron chi connectivity index (χ4n) is 3.90. The third-order valence-electron chi connectivity index (χ3n) is 5.43. The number of rotatable bonds is 7. The first kappa shape index (κ1) is 21.9. The molecule has 1 atom stereocenters. The zero-order valence-corrected chi connectivity index (χ0v) is 18.7. The van der Waals surface area contributed by atoms with Crippen LogP contribution in [0.4, 0.5) is 5.82 Å².